The van der Waals surface area contributed by atoms with E-state index in [2.05, 4.69) is 21.1 Å². The largest absolute Gasteiger partial charge is 0.468 e. The minimum absolute atomic E-state index is 0.172. The Hall–Kier alpha value is -1.70. The van der Waals surface area contributed by atoms with E-state index in [0.29, 0.717) is 0 Å². The highest BCUT2D eigenvalue weighted by molar-refractivity contribution is 7.08. The lowest BCUT2D eigenvalue weighted by Gasteiger charge is -2.28. The van der Waals surface area contributed by atoms with Gasteiger partial charge in [-0.2, -0.15) is 16.4 Å². The third-order valence-electron chi connectivity index (χ3n) is 4.44. The number of carbonyl (C=O) groups excluding carboxylic acids is 1. The average Bonchev–Trinajstić information content (AvgIpc) is 3.18. The van der Waals surface area contributed by atoms with Crippen molar-refractivity contribution in [2.45, 2.75) is 19.0 Å². The SMILES string of the molecule is COC(=O)C(c1ccsc1)N1CCCN(Cc2cnn(C)c2)CC1. The number of nitrogens with zero attached hydrogens (tertiary/aromatic N) is 4. The summed E-state index contributed by atoms with van der Waals surface area (Å²) in [6, 6.07) is 1.73. The standard InChI is InChI=1S/C17H24N4O2S/c1-19-11-14(10-18-19)12-20-5-3-6-21(8-7-20)16(17(22)23-2)15-4-9-24-13-15/h4,9-11,13,16H,3,5-8,12H2,1-2H3. The van der Waals surface area contributed by atoms with Crippen LogP contribution in [0, 0.1) is 0 Å². The maximum atomic E-state index is 12.3. The van der Waals surface area contributed by atoms with Gasteiger partial charge < -0.3 is 4.74 Å². The first-order chi connectivity index (χ1) is 11.7. The first kappa shape index (κ1) is 17.1. The van der Waals surface area contributed by atoms with Crippen molar-refractivity contribution in [1.82, 2.24) is 19.6 Å². The number of methoxy groups -OCH3 is 1. The summed E-state index contributed by atoms with van der Waals surface area (Å²) in [4.78, 5) is 17.0. The topological polar surface area (TPSA) is 50.6 Å². The monoisotopic (exact) mass is 348 g/mol. The van der Waals surface area contributed by atoms with Crippen LogP contribution in [0.1, 0.15) is 23.6 Å². The summed E-state index contributed by atoms with van der Waals surface area (Å²) in [5.41, 5.74) is 2.26. The third kappa shape index (κ3) is 4.03. The van der Waals surface area contributed by atoms with E-state index in [1.54, 1.807) is 11.3 Å². The number of hydrogen-bond acceptors (Lipinski definition) is 6. The second kappa shape index (κ2) is 7.92. The van der Waals surface area contributed by atoms with Gasteiger partial charge in [-0.3, -0.25) is 14.5 Å². The highest BCUT2D eigenvalue weighted by atomic mass is 32.1. The second-order valence-electron chi connectivity index (χ2n) is 6.17. The molecule has 0 spiro atoms. The van der Waals surface area contributed by atoms with Gasteiger partial charge in [0.1, 0.15) is 6.04 Å². The molecule has 1 atom stereocenters. The molecule has 7 heteroatoms. The quantitative estimate of drug-likeness (QED) is 0.773. The predicted octanol–water partition coefficient (Wildman–Crippen LogP) is 1.90. The molecule has 6 nitrogen and oxygen atoms in total. The van der Waals surface area contributed by atoms with E-state index in [-0.39, 0.29) is 12.0 Å². The first-order valence-electron chi connectivity index (χ1n) is 8.21. The smallest absolute Gasteiger partial charge is 0.327 e. The maximum absolute atomic E-state index is 12.3. The van der Waals surface area contributed by atoms with E-state index in [9.17, 15) is 4.79 Å². The number of aryl methyl sites for hydroxylation is 1. The fourth-order valence-electron chi connectivity index (χ4n) is 3.26. The zero-order valence-corrected chi connectivity index (χ0v) is 15.0. The van der Waals surface area contributed by atoms with Crippen molar-refractivity contribution in [3.63, 3.8) is 0 Å². The van der Waals surface area contributed by atoms with E-state index >= 15 is 0 Å². The Bertz CT molecular complexity index is 655. The van der Waals surface area contributed by atoms with Gasteiger partial charge in [0.05, 0.1) is 13.3 Å². The van der Waals surface area contributed by atoms with Crippen molar-refractivity contribution in [1.29, 1.82) is 0 Å². The molecule has 0 bridgehead atoms. The van der Waals surface area contributed by atoms with E-state index in [1.165, 1.54) is 12.7 Å². The molecule has 1 saturated heterocycles. The van der Waals surface area contributed by atoms with Crippen LogP contribution in [-0.4, -0.2) is 58.8 Å². The summed E-state index contributed by atoms with van der Waals surface area (Å²) in [5.74, 6) is -0.172. The molecule has 0 radical (unpaired) electrons. The van der Waals surface area contributed by atoms with Gasteiger partial charge in [-0.25, -0.2) is 4.79 Å². The predicted molar refractivity (Wildman–Crippen MR) is 93.8 cm³/mol. The van der Waals surface area contributed by atoms with Crippen LogP contribution in [0.15, 0.2) is 29.2 Å². The number of aromatic nitrogens is 2. The molecule has 0 N–H and O–H groups in total. The van der Waals surface area contributed by atoms with Gasteiger partial charge >= 0.3 is 5.97 Å². The Morgan fingerprint density at radius 1 is 1.38 bits per heavy atom. The Morgan fingerprint density at radius 2 is 2.25 bits per heavy atom. The number of carbonyl (C=O) groups is 1. The number of hydrogen-bond donors (Lipinski definition) is 0. The molecule has 0 aromatic carbocycles. The van der Waals surface area contributed by atoms with Crippen LogP contribution in [0.5, 0.6) is 0 Å². The van der Waals surface area contributed by atoms with Crippen LogP contribution in [0.2, 0.25) is 0 Å². The molecular formula is C17H24N4O2S. The molecule has 0 amide bonds. The van der Waals surface area contributed by atoms with Crippen LogP contribution in [0.3, 0.4) is 0 Å². The molecule has 1 aliphatic rings. The van der Waals surface area contributed by atoms with Crippen molar-refractivity contribution in [2.75, 3.05) is 33.3 Å². The summed E-state index contributed by atoms with van der Waals surface area (Å²) in [6.07, 6.45) is 5.02. The van der Waals surface area contributed by atoms with Gasteiger partial charge in [0.2, 0.25) is 0 Å². The van der Waals surface area contributed by atoms with Crippen molar-refractivity contribution in [3.05, 3.63) is 40.3 Å². The number of esters is 1. The minimum Gasteiger partial charge on any atom is -0.468 e. The molecule has 0 aliphatic carbocycles. The Balaban J connectivity index is 1.66. The number of thiophene rings is 1. The average molecular weight is 348 g/mol. The molecule has 24 heavy (non-hydrogen) atoms. The molecule has 2 aromatic heterocycles. The first-order valence-corrected chi connectivity index (χ1v) is 9.15. The summed E-state index contributed by atoms with van der Waals surface area (Å²) in [7, 11) is 3.41. The van der Waals surface area contributed by atoms with E-state index < -0.39 is 0 Å². The molecule has 1 unspecified atom stereocenters. The van der Waals surface area contributed by atoms with Gasteiger partial charge in [-0.15, -0.1) is 0 Å². The van der Waals surface area contributed by atoms with E-state index in [1.807, 2.05) is 34.8 Å². The van der Waals surface area contributed by atoms with Gasteiger partial charge in [0.25, 0.3) is 0 Å². The van der Waals surface area contributed by atoms with E-state index in [4.69, 9.17) is 4.74 Å². The number of rotatable bonds is 5. The fraction of sp³-hybridized carbons (Fsp3) is 0.529. The maximum Gasteiger partial charge on any atom is 0.327 e. The van der Waals surface area contributed by atoms with Crippen LogP contribution in [0.25, 0.3) is 0 Å². The zero-order chi connectivity index (χ0) is 16.9. The Morgan fingerprint density at radius 3 is 2.92 bits per heavy atom. The summed E-state index contributed by atoms with van der Waals surface area (Å²) in [6.45, 7) is 4.63. The summed E-state index contributed by atoms with van der Waals surface area (Å²) >= 11 is 1.62. The van der Waals surface area contributed by atoms with Crippen molar-refractivity contribution in [2.24, 2.45) is 7.05 Å². The molecule has 0 saturated carbocycles. The lowest BCUT2D eigenvalue weighted by molar-refractivity contribution is -0.147. The minimum atomic E-state index is -0.292. The zero-order valence-electron chi connectivity index (χ0n) is 14.2. The fourth-order valence-corrected chi connectivity index (χ4v) is 3.94. The van der Waals surface area contributed by atoms with Crippen LogP contribution in [0.4, 0.5) is 0 Å². The molecular weight excluding hydrogens is 324 g/mol. The lowest BCUT2D eigenvalue weighted by Crippen LogP contribution is -2.37. The molecule has 1 aliphatic heterocycles. The Kier molecular flexibility index (Phi) is 5.65. The van der Waals surface area contributed by atoms with Crippen molar-refractivity contribution in [3.8, 4) is 0 Å². The molecule has 130 valence electrons. The molecule has 3 rings (SSSR count). The van der Waals surface area contributed by atoms with Crippen molar-refractivity contribution >= 4 is 17.3 Å². The third-order valence-corrected chi connectivity index (χ3v) is 5.14. The van der Waals surface area contributed by atoms with Crippen LogP contribution in [-0.2, 0) is 23.1 Å². The van der Waals surface area contributed by atoms with Crippen LogP contribution >= 0.6 is 11.3 Å². The molecule has 3 heterocycles. The van der Waals surface area contributed by atoms with Gasteiger partial charge in [0, 0.05) is 45.0 Å². The normalized spacial score (nSPS) is 18.2. The summed E-state index contributed by atoms with van der Waals surface area (Å²) in [5, 5.41) is 8.29. The Labute approximate surface area is 146 Å². The highest BCUT2D eigenvalue weighted by Crippen LogP contribution is 2.25. The van der Waals surface area contributed by atoms with Crippen molar-refractivity contribution < 1.29 is 9.53 Å². The van der Waals surface area contributed by atoms with Gasteiger partial charge in [0.15, 0.2) is 0 Å². The highest BCUT2D eigenvalue weighted by Gasteiger charge is 2.30. The lowest BCUT2D eigenvalue weighted by atomic mass is 10.1. The van der Waals surface area contributed by atoms with E-state index in [0.717, 1.165) is 44.7 Å². The van der Waals surface area contributed by atoms with Gasteiger partial charge in [-0.05, 0) is 35.4 Å². The van der Waals surface area contributed by atoms with Gasteiger partial charge in [-0.1, -0.05) is 0 Å². The molecule has 2 aromatic rings. The van der Waals surface area contributed by atoms with Crippen LogP contribution < -0.4 is 0 Å². The molecule has 1 fully saturated rings. The second-order valence-corrected chi connectivity index (χ2v) is 6.95. The summed E-state index contributed by atoms with van der Waals surface area (Å²) < 4.78 is 6.89. The number of ether oxygens (including phenoxy) is 1.